The van der Waals surface area contributed by atoms with Gasteiger partial charge < -0.3 is 24.4 Å². The topological polar surface area (TPSA) is 119 Å². The van der Waals surface area contributed by atoms with Gasteiger partial charge in [-0.05, 0) is 36.6 Å². The molecule has 6 rings (SSSR count). The smallest absolute Gasteiger partial charge is 0.256 e. The number of aromatic nitrogens is 3. The minimum Gasteiger partial charge on any atom is -0.456 e. The second-order valence-corrected chi connectivity index (χ2v) is 11.9. The molecule has 0 spiro atoms. The number of hydrogen-bond donors (Lipinski definition) is 1. The van der Waals surface area contributed by atoms with Crippen molar-refractivity contribution < 1.29 is 23.8 Å². The minimum atomic E-state index is -0.325. The lowest BCUT2D eigenvalue weighted by Crippen LogP contribution is -2.49. The first-order valence-electron chi connectivity index (χ1n) is 15.5. The average molecular weight is 601 g/mol. The van der Waals surface area contributed by atoms with Gasteiger partial charge in [-0.2, -0.15) is 0 Å². The molecule has 1 aliphatic carbocycles. The molecule has 4 heterocycles. The van der Waals surface area contributed by atoms with Crippen molar-refractivity contribution in [2.24, 2.45) is 0 Å². The van der Waals surface area contributed by atoms with E-state index in [4.69, 9.17) is 24.2 Å². The Hall–Kier alpha value is -3.93. The molecule has 11 heteroatoms. The summed E-state index contributed by atoms with van der Waals surface area (Å²) in [7, 11) is 1.56. The lowest BCUT2D eigenvalue weighted by atomic mass is 9.89. The molecular weight excluding hydrogens is 560 g/mol. The largest absolute Gasteiger partial charge is 0.456 e. The molecule has 0 unspecified atom stereocenters. The number of benzene rings is 1. The normalized spacial score (nSPS) is 21.9. The van der Waals surface area contributed by atoms with Crippen LogP contribution in [0.3, 0.4) is 0 Å². The van der Waals surface area contributed by atoms with Gasteiger partial charge in [0.15, 0.2) is 0 Å². The Morgan fingerprint density at radius 1 is 1.00 bits per heavy atom. The summed E-state index contributed by atoms with van der Waals surface area (Å²) in [5.74, 6) is 1.88. The Balaban J connectivity index is 1.20. The molecule has 3 aromatic rings. The number of fused-ring (bicyclic) bond motifs is 5. The van der Waals surface area contributed by atoms with E-state index in [1.165, 1.54) is 43.2 Å². The number of pyridine rings is 1. The number of rotatable bonds is 6. The molecule has 232 valence electrons. The number of methoxy groups -OCH3 is 1. The van der Waals surface area contributed by atoms with Gasteiger partial charge in [-0.15, -0.1) is 0 Å². The van der Waals surface area contributed by atoms with Crippen LogP contribution >= 0.6 is 0 Å². The number of nitrogens with one attached hydrogen (secondary N) is 1. The van der Waals surface area contributed by atoms with Gasteiger partial charge >= 0.3 is 0 Å². The van der Waals surface area contributed by atoms with Crippen molar-refractivity contribution in [3.63, 3.8) is 0 Å². The molecule has 3 aliphatic rings. The summed E-state index contributed by atoms with van der Waals surface area (Å²) in [4.78, 5) is 44.2. The van der Waals surface area contributed by atoms with Gasteiger partial charge in [0.1, 0.15) is 17.3 Å². The van der Waals surface area contributed by atoms with E-state index in [1.54, 1.807) is 19.4 Å². The first kappa shape index (κ1) is 30.1. The van der Waals surface area contributed by atoms with Crippen LogP contribution in [0.1, 0.15) is 65.3 Å². The van der Waals surface area contributed by atoms with Crippen LogP contribution in [0.5, 0.6) is 11.5 Å². The van der Waals surface area contributed by atoms with Crippen molar-refractivity contribution in [2.75, 3.05) is 39.9 Å². The highest BCUT2D eigenvalue weighted by atomic mass is 16.5. The summed E-state index contributed by atoms with van der Waals surface area (Å²) in [5, 5.41) is 3.16. The number of carbonyl (C=O) groups excluding carboxylic acids is 2. The first-order chi connectivity index (χ1) is 21.5. The Kier molecular flexibility index (Phi) is 9.74. The van der Waals surface area contributed by atoms with E-state index in [1.807, 2.05) is 36.7 Å². The molecule has 2 aliphatic heterocycles. The summed E-state index contributed by atoms with van der Waals surface area (Å²) < 4.78 is 17.7. The molecule has 0 radical (unpaired) electrons. The van der Waals surface area contributed by atoms with Gasteiger partial charge in [-0.1, -0.05) is 31.4 Å². The zero-order valence-corrected chi connectivity index (χ0v) is 25.2. The van der Waals surface area contributed by atoms with E-state index in [9.17, 15) is 9.59 Å². The highest BCUT2D eigenvalue weighted by Gasteiger charge is 2.35. The van der Waals surface area contributed by atoms with Crippen LogP contribution < -0.4 is 10.1 Å². The third-order valence-corrected chi connectivity index (χ3v) is 8.54. The second kappa shape index (κ2) is 14.2. The van der Waals surface area contributed by atoms with Gasteiger partial charge in [0.05, 0.1) is 43.7 Å². The molecule has 2 atom stereocenters. The van der Waals surface area contributed by atoms with Crippen molar-refractivity contribution in [3.8, 4) is 11.5 Å². The maximum absolute atomic E-state index is 13.5. The predicted molar refractivity (Wildman–Crippen MR) is 162 cm³/mol. The van der Waals surface area contributed by atoms with Crippen LogP contribution in [0.15, 0.2) is 55.1 Å². The summed E-state index contributed by atoms with van der Waals surface area (Å²) in [6, 6.07) is 9.03. The lowest BCUT2D eigenvalue weighted by molar-refractivity contribution is -0.123. The van der Waals surface area contributed by atoms with Gasteiger partial charge in [-0.3, -0.25) is 19.5 Å². The Bertz CT molecular complexity index is 1430. The Morgan fingerprint density at radius 2 is 1.84 bits per heavy atom. The van der Waals surface area contributed by atoms with Crippen LogP contribution in [0.4, 0.5) is 0 Å². The molecule has 11 nitrogen and oxygen atoms in total. The molecule has 2 aromatic heterocycles. The standard InChI is InChI=1S/C33H40N6O5/c1-42-11-10-39-21-31(40)37-29-19-38(18-24-14-35-32(36-15-24)25-7-3-2-4-8-25)20-30(29)43-22-23-6-5-9-27(12-23)44-28-13-26(33(39)41)16-34-17-28/h5-6,9,12-17,25,29-30H,2-4,7-8,10-11,18-22H2,1H3,(H,37,40)/t29-,30-/m0/s1. The highest BCUT2D eigenvalue weighted by Crippen LogP contribution is 2.30. The van der Waals surface area contributed by atoms with E-state index < -0.39 is 0 Å². The van der Waals surface area contributed by atoms with E-state index in [2.05, 4.69) is 15.2 Å². The van der Waals surface area contributed by atoms with Gasteiger partial charge in [0.2, 0.25) is 5.91 Å². The van der Waals surface area contributed by atoms with Crippen molar-refractivity contribution in [2.45, 2.75) is 63.3 Å². The van der Waals surface area contributed by atoms with Crippen molar-refractivity contribution in [1.82, 2.24) is 30.1 Å². The molecule has 1 N–H and O–H groups in total. The summed E-state index contributed by atoms with van der Waals surface area (Å²) >= 11 is 0. The predicted octanol–water partition coefficient (Wildman–Crippen LogP) is 3.70. The monoisotopic (exact) mass is 600 g/mol. The molecule has 2 fully saturated rings. The minimum absolute atomic E-state index is 0.119. The summed E-state index contributed by atoms with van der Waals surface area (Å²) in [6.07, 6.45) is 12.8. The SMILES string of the molecule is COCCN1CC(=O)N[C@H]2CN(Cc3cnc(C4CCCCC4)nc3)C[C@@H]2OCc2cccc(c2)Oc2cncc(c2)C1=O. The number of likely N-dealkylation sites (tertiary alicyclic amines) is 1. The third kappa shape index (κ3) is 7.58. The molecule has 1 saturated carbocycles. The number of ether oxygens (including phenoxy) is 3. The Morgan fingerprint density at radius 3 is 2.66 bits per heavy atom. The molecule has 2 amide bonds. The molecule has 1 aromatic carbocycles. The van der Waals surface area contributed by atoms with Crippen LogP contribution in [0.25, 0.3) is 0 Å². The molecule has 44 heavy (non-hydrogen) atoms. The zero-order valence-electron chi connectivity index (χ0n) is 25.2. The van der Waals surface area contributed by atoms with Crippen LogP contribution in [0.2, 0.25) is 0 Å². The van der Waals surface area contributed by atoms with E-state index in [0.717, 1.165) is 17.0 Å². The molecule has 1 saturated heterocycles. The van der Waals surface area contributed by atoms with Crippen LogP contribution in [-0.2, 0) is 27.4 Å². The van der Waals surface area contributed by atoms with Gasteiger partial charge in [0.25, 0.3) is 5.91 Å². The summed E-state index contributed by atoms with van der Waals surface area (Å²) in [6.45, 7) is 2.67. The quantitative estimate of drug-likeness (QED) is 0.452. The number of carbonyl (C=O) groups is 2. The average Bonchev–Trinajstić information content (AvgIpc) is 3.42. The van der Waals surface area contributed by atoms with Crippen LogP contribution in [-0.4, -0.2) is 88.6 Å². The number of nitrogens with zero attached hydrogens (tertiary/aromatic N) is 5. The van der Waals surface area contributed by atoms with Crippen molar-refractivity contribution >= 4 is 11.8 Å². The van der Waals surface area contributed by atoms with Gasteiger partial charge in [-0.25, -0.2) is 9.97 Å². The summed E-state index contributed by atoms with van der Waals surface area (Å²) in [5.41, 5.74) is 2.31. The lowest BCUT2D eigenvalue weighted by Gasteiger charge is -2.25. The van der Waals surface area contributed by atoms with Crippen molar-refractivity contribution in [1.29, 1.82) is 0 Å². The maximum atomic E-state index is 13.5. The molecule has 4 bridgehead atoms. The van der Waals surface area contributed by atoms with Crippen LogP contribution in [0, 0.1) is 0 Å². The van der Waals surface area contributed by atoms with Crippen molar-refractivity contribution in [3.05, 3.63) is 77.6 Å². The third-order valence-electron chi connectivity index (χ3n) is 8.54. The fourth-order valence-electron chi connectivity index (χ4n) is 6.26. The highest BCUT2D eigenvalue weighted by molar-refractivity contribution is 5.96. The van der Waals surface area contributed by atoms with E-state index in [-0.39, 0.29) is 37.0 Å². The fourth-order valence-corrected chi connectivity index (χ4v) is 6.26. The molecular formula is C33H40N6O5. The first-order valence-corrected chi connectivity index (χ1v) is 15.5. The fraction of sp³-hybridized carbons (Fsp3) is 0.485. The van der Waals surface area contributed by atoms with E-state index >= 15 is 0 Å². The zero-order chi connectivity index (χ0) is 30.3. The van der Waals surface area contributed by atoms with Gasteiger partial charge in [0, 0.05) is 63.4 Å². The maximum Gasteiger partial charge on any atom is 0.256 e. The number of amides is 2. The van der Waals surface area contributed by atoms with E-state index in [0.29, 0.717) is 55.8 Å². The second-order valence-electron chi connectivity index (χ2n) is 11.9. The Labute approximate surface area is 257 Å². The number of hydrogen-bond acceptors (Lipinski definition) is 9.